The van der Waals surface area contributed by atoms with Crippen LogP contribution in [0.5, 0.6) is 5.75 Å². The summed E-state index contributed by atoms with van der Waals surface area (Å²) in [5.41, 5.74) is 1.98. The third-order valence-corrected chi connectivity index (χ3v) is 6.59. The minimum absolute atomic E-state index is 0. The third kappa shape index (κ3) is 5.94. The van der Waals surface area contributed by atoms with Crippen LogP contribution < -0.4 is 5.62 Å². The van der Waals surface area contributed by atoms with Gasteiger partial charge in [-0.25, -0.2) is 0 Å². The van der Waals surface area contributed by atoms with E-state index in [0.29, 0.717) is 11.2 Å². The van der Waals surface area contributed by atoms with Crippen LogP contribution in [0.2, 0.25) is 0 Å². The highest BCUT2D eigenvalue weighted by Crippen LogP contribution is 2.39. The van der Waals surface area contributed by atoms with Crippen molar-refractivity contribution in [1.29, 1.82) is 5.41 Å². The van der Waals surface area contributed by atoms with Crippen LogP contribution in [0, 0.1) is 11.3 Å². The van der Waals surface area contributed by atoms with Gasteiger partial charge in [0.1, 0.15) is 5.75 Å². The molecule has 0 unspecified atom stereocenters. The molecule has 2 aromatic rings. The van der Waals surface area contributed by atoms with Gasteiger partial charge in [0.05, 0.1) is 6.54 Å². The quantitative estimate of drug-likeness (QED) is 0.464. The smallest absolute Gasteiger partial charge is 0.202 e. The zero-order chi connectivity index (χ0) is 23.0. The van der Waals surface area contributed by atoms with Crippen molar-refractivity contribution in [3.8, 4) is 5.75 Å². The van der Waals surface area contributed by atoms with Crippen LogP contribution in [-0.2, 0) is 23.9 Å². The minimum atomic E-state index is -0.280. The number of hydrogen-bond donors (Lipinski definition) is 2. The van der Waals surface area contributed by atoms with Crippen LogP contribution >= 0.6 is 17.0 Å². The zero-order valence-corrected chi connectivity index (χ0v) is 22.2. The summed E-state index contributed by atoms with van der Waals surface area (Å²) in [7, 11) is 0. The maximum absolute atomic E-state index is 13.2. The summed E-state index contributed by atoms with van der Waals surface area (Å²) >= 11 is 0. The monoisotopic (exact) mass is 505 g/mol. The molecular weight excluding hydrogens is 466 g/mol. The molecule has 32 heavy (non-hydrogen) atoms. The molecule has 2 N–H and O–H groups in total. The van der Waals surface area contributed by atoms with E-state index in [1.165, 1.54) is 25.7 Å². The third-order valence-electron chi connectivity index (χ3n) is 6.59. The molecule has 0 amide bonds. The maximum Gasteiger partial charge on any atom is 0.202 e. The fraction of sp³-hybridized carbons (Fsp3) is 0.615. The Morgan fingerprint density at radius 3 is 2.00 bits per heavy atom. The number of aromatic nitrogens is 2. The summed E-state index contributed by atoms with van der Waals surface area (Å²) in [4.78, 5) is 13.2. The molecule has 3 rings (SSSR count). The number of phenols is 1. The number of imidazole rings is 1. The Morgan fingerprint density at radius 2 is 1.50 bits per heavy atom. The number of nitrogens with one attached hydrogen (secondary N) is 1. The second-order valence-corrected chi connectivity index (χ2v) is 11.2. The molecule has 178 valence electrons. The number of aryl methyl sites for hydroxylation is 1. The van der Waals surface area contributed by atoms with Crippen molar-refractivity contribution in [2.45, 2.75) is 97.6 Å². The lowest BCUT2D eigenvalue weighted by Crippen LogP contribution is -2.28. The highest BCUT2D eigenvalue weighted by atomic mass is 79.9. The lowest BCUT2D eigenvalue weighted by Gasteiger charge is -2.28. The van der Waals surface area contributed by atoms with Gasteiger partial charge in [-0.1, -0.05) is 67.2 Å². The Balaban J connectivity index is 0.00000363. The SMILES string of the molecule is Br.CC(C)(C)c1cc(C(=O)Cn2ccn(CCC3CCCC3)c2=N)cc(C(C)(C)C)c1O. The molecule has 0 saturated heterocycles. The van der Waals surface area contributed by atoms with E-state index in [2.05, 4.69) is 0 Å². The van der Waals surface area contributed by atoms with Crippen molar-refractivity contribution in [2.75, 3.05) is 0 Å². The van der Waals surface area contributed by atoms with Gasteiger partial charge in [-0.05, 0) is 35.3 Å². The number of carbonyl (C=O) groups excluding carboxylic acids is 1. The molecule has 1 fully saturated rings. The average molecular weight is 507 g/mol. The number of benzene rings is 1. The minimum Gasteiger partial charge on any atom is -0.507 e. The summed E-state index contributed by atoms with van der Waals surface area (Å²) < 4.78 is 3.67. The van der Waals surface area contributed by atoms with E-state index < -0.39 is 0 Å². The number of rotatable bonds is 6. The number of halogens is 1. The van der Waals surface area contributed by atoms with Crippen LogP contribution in [0.15, 0.2) is 24.5 Å². The van der Waals surface area contributed by atoms with Crippen LogP contribution in [0.3, 0.4) is 0 Å². The predicted octanol–water partition coefficient (Wildman–Crippen LogP) is 6.11. The van der Waals surface area contributed by atoms with E-state index in [1.807, 2.05) is 70.6 Å². The van der Waals surface area contributed by atoms with E-state index in [-0.39, 0.29) is 45.9 Å². The van der Waals surface area contributed by atoms with Crippen LogP contribution in [0.25, 0.3) is 0 Å². The van der Waals surface area contributed by atoms with Crippen molar-refractivity contribution < 1.29 is 9.90 Å². The van der Waals surface area contributed by atoms with E-state index in [4.69, 9.17) is 5.41 Å². The van der Waals surface area contributed by atoms with E-state index in [9.17, 15) is 9.90 Å². The first-order valence-electron chi connectivity index (χ1n) is 11.6. The maximum atomic E-state index is 13.2. The molecule has 0 spiro atoms. The molecule has 0 bridgehead atoms. The lowest BCUT2D eigenvalue weighted by atomic mass is 9.78. The number of Topliss-reactive ketones (excluding diaryl/α,β-unsaturated/α-hetero) is 1. The van der Waals surface area contributed by atoms with E-state index >= 15 is 0 Å². The van der Waals surface area contributed by atoms with E-state index in [0.717, 1.165) is 30.0 Å². The fourth-order valence-electron chi connectivity index (χ4n) is 4.58. The summed E-state index contributed by atoms with van der Waals surface area (Å²) in [5, 5.41) is 19.4. The van der Waals surface area contributed by atoms with Crippen molar-refractivity contribution in [3.05, 3.63) is 46.8 Å². The number of ketones is 1. The Bertz CT molecular complexity index is 964. The van der Waals surface area contributed by atoms with Gasteiger partial charge in [0.15, 0.2) is 5.78 Å². The Labute approximate surface area is 203 Å². The van der Waals surface area contributed by atoms with Crippen molar-refractivity contribution >= 4 is 22.8 Å². The first kappa shape index (κ1) is 26.4. The number of nitrogens with zero attached hydrogens (tertiary/aromatic N) is 2. The second kappa shape index (κ2) is 9.98. The van der Waals surface area contributed by atoms with Crippen LogP contribution in [0.1, 0.15) is 95.1 Å². The first-order chi connectivity index (χ1) is 14.4. The molecule has 0 radical (unpaired) electrons. The molecule has 0 aliphatic heterocycles. The van der Waals surface area contributed by atoms with Gasteiger partial charge < -0.3 is 14.2 Å². The largest absolute Gasteiger partial charge is 0.507 e. The highest BCUT2D eigenvalue weighted by Gasteiger charge is 2.28. The summed E-state index contributed by atoms with van der Waals surface area (Å²) in [6.45, 7) is 13.2. The molecule has 1 saturated carbocycles. The predicted molar refractivity (Wildman–Crippen MR) is 135 cm³/mol. The Kier molecular flexibility index (Phi) is 8.25. The topological polar surface area (TPSA) is 71.0 Å². The van der Waals surface area contributed by atoms with Gasteiger partial charge >= 0.3 is 0 Å². The fourth-order valence-corrected chi connectivity index (χ4v) is 4.58. The Hall–Kier alpha value is -1.82. The summed E-state index contributed by atoms with van der Waals surface area (Å²) in [5.74, 6) is 1.02. The molecule has 1 aliphatic carbocycles. The molecule has 0 atom stereocenters. The summed E-state index contributed by atoms with van der Waals surface area (Å²) in [6.07, 6.45) is 10.1. The Morgan fingerprint density at radius 1 is 1.00 bits per heavy atom. The van der Waals surface area contributed by atoms with Gasteiger partial charge in [0, 0.05) is 35.6 Å². The van der Waals surface area contributed by atoms with Crippen molar-refractivity contribution in [1.82, 2.24) is 9.13 Å². The number of phenolic OH excluding ortho intramolecular Hbond substituents is 1. The zero-order valence-electron chi connectivity index (χ0n) is 20.5. The van der Waals surface area contributed by atoms with E-state index in [1.54, 1.807) is 4.57 Å². The normalized spacial score (nSPS) is 15.1. The van der Waals surface area contributed by atoms with Crippen LogP contribution in [0.4, 0.5) is 0 Å². The van der Waals surface area contributed by atoms with Crippen molar-refractivity contribution in [3.63, 3.8) is 0 Å². The van der Waals surface area contributed by atoms with Crippen LogP contribution in [-0.4, -0.2) is 20.0 Å². The van der Waals surface area contributed by atoms with Gasteiger partial charge in [-0.3, -0.25) is 10.2 Å². The standard InChI is InChI=1S/C26H39N3O2.BrH/c1-25(2,3)20-15-19(16-21(23(20)31)26(4,5)6)22(30)17-29-14-13-28(24(29)27)12-11-18-9-7-8-10-18;/h13-16,18,27,31H,7-12,17H2,1-6H3;1H. The summed E-state index contributed by atoms with van der Waals surface area (Å²) in [6, 6.07) is 3.66. The molecule has 1 aliphatic rings. The number of aromatic hydroxyl groups is 1. The molecule has 6 heteroatoms. The van der Waals surface area contributed by atoms with Gasteiger partial charge in [0.25, 0.3) is 0 Å². The molecule has 1 aromatic heterocycles. The van der Waals surface area contributed by atoms with Gasteiger partial charge in [-0.2, -0.15) is 0 Å². The van der Waals surface area contributed by atoms with Crippen molar-refractivity contribution in [2.24, 2.45) is 5.92 Å². The van der Waals surface area contributed by atoms with Gasteiger partial charge in [-0.15, -0.1) is 17.0 Å². The molecule has 5 nitrogen and oxygen atoms in total. The average Bonchev–Trinajstić information content (AvgIpc) is 3.29. The lowest BCUT2D eigenvalue weighted by molar-refractivity contribution is 0.0969. The highest BCUT2D eigenvalue weighted by molar-refractivity contribution is 8.93. The number of hydrogen-bond acceptors (Lipinski definition) is 3. The van der Waals surface area contributed by atoms with Gasteiger partial charge in [0.2, 0.25) is 5.62 Å². The number of carbonyl (C=O) groups is 1. The molecular formula is C26H40BrN3O2. The molecule has 1 aromatic carbocycles. The second-order valence-electron chi connectivity index (χ2n) is 11.2. The first-order valence-corrected chi connectivity index (χ1v) is 11.6. The molecule has 1 heterocycles.